The van der Waals surface area contributed by atoms with E-state index in [0.717, 1.165) is 30.8 Å². The zero-order chi connectivity index (χ0) is 12.3. The zero-order valence-electron chi connectivity index (χ0n) is 10.3. The summed E-state index contributed by atoms with van der Waals surface area (Å²) in [6.07, 6.45) is 3.69. The number of hydrogen-bond acceptors (Lipinski definition) is 4. The van der Waals surface area contributed by atoms with Crippen molar-refractivity contribution in [2.24, 2.45) is 0 Å². The third-order valence-corrected chi connectivity index (χ3v) is 3.02. The van der Waals surface area contributed by atoms with Crippen LogP contribution in [0.3, 0.4) is 0 Å². The van der Waals surface area contributed by atoms with Crippen LogP contribution in [0.5, 0.6) is 0 Å². The highest BCUT2D eigenvalue weighted by Crippen LogP contribution is 2.26. The van der Waals surface area contributed by atoms with E-state index in [1.54, 1.807) is 6.20 Å². The lowest BCUT2D eigenvalue weighted by Gasteiger charge is -2.25. The number of anilines is 1. The maximum atomic E-state index is 11.8. The maximum absolute atomic E-state index is 11.8. The molecule has 17 heavy (non-hydrogen) atoms. The Bertz CT molecular complexity index is 406. The summed E-state index contributed by atoms with van der Waals surface area (Å²) in [6.45, 7) is 5.15. The number of ether oxygens (including phenoxy) is 1. The van der Waals surface area contributed by atoms with E-state index in [9.17, 15) is 4.79 Å². The summed E-state index contributed by atoms with van der Waals surface area (Å²) in [5.74, 6) is -0.112. The molecule has 0 saturated carbocycles. The van der Waals surface area contributed by atoms with Gasteiger partial charge >= 0.3 is 5.97 Å². The second-order valence-corrected chi connectivity index (χ2v) is 4.26. The Morgan fingerprint density at radius 3 is 3.18 bits per heavy atom. The van der Waals surface area contributed by atoms with Gasteiger partial charge in [-0.25, -0.2) is 4.79 Å². The van der Waals surface area contributed by atoms with Gasteiger partial charge in [-0.2, -0.15) is 0 Å². The third kappa shape index (κ3) is 2.57. The molecule has 1 aliphatic heterocycles. The van der Waals surface area contributed by atoms with Crippen molar-refractivity contribution in [3.05, 3.63) is 24.0 Å². The van der Waals surface area contributed by atoms with E-state index in [4.69, 9.17) is 4.74 Å². The lowest BCUT2D eigenvalue weighted by molar-refractivity contribution is -0.144. The van der Waals surface area contributed by atoms with Crippen LogP contribution in [0.2, 0.25) is 0 Å². The third-order valence-electron chi connectivity index (χ3n) is 3.02. The average Bonchev–Trinajstić information content (AvgIpc) is 2.78. The second-order valence-electron chi connectivity index (χ2n) is 4.26. The van der Waals surface area contributed by atoms with Crippen molar-refractivity contribution in [1.82, 2.24) is 4.98 Å². The molecule has 0 radical (unpaired) electrons. The summed E-state index contributed by atoms with van der Waals surface area (Å²) in [7, 11) is 0. The lowest BCUT2D eigenvalue weighted by atomic mass is 10.2. The van der Waals surface area contributed by atoms with E-state index in [1.807, 2.05) is 26.0 Å². The maximum Gasteiger partial charge on any atom is 0.328 e. The Balaban J connectivity index is 2.17. The molecule has 0 spiro atoms. The first kappa shape index (κ1) is 11.9. The molecule has 4 heteroatoms. The van der Waals surface area contributed by atoms with Gasteiger partial charge in [0.2, 0.25) is 0 Å². The van der Waals surface area contributed by atoms with E-state index >= 15 is 0 Å². The van der Waals surface area contributed by atoms with Crippen molar-refractivity contribution in [3.8, 4) is 0 Å². The van der Waals surface area contributed by atoms with Gasteiger partial charge in [0.05, 0.1) is 6.61 Å². The predicted octanol–water partition coefficient (Wildman–Crippen LogP) is 1.92. The van der Waals surface area contributed by atoms with Gasteiger partial charge in [-0.1, -0.05) is 0 Å². The van der Waals surface area contributed by atoms with Crippen molar-refractivity contribution in [2.45, 2.75) is 32.7 Å². The highest BCUT2D eigenvalue weighted by molar-refractivity contribution is 5.80. The summed E-state index contributed by atoms with van der Waals surface area (Å²) in [4.78, 5) is 18.1. The van der Waals surface area contributed by atoms with Gasteiger partial charge in [0.1, 0.15) is 6.04 Å². The molecule has 1 atom stereocenters. The fourth-order valence-corrected chi connectivity index (χ4v) is 2.27. The highest BCUT2D eigenvalue weighted by atomic mass is 16.5. The molecule has 0 N–H and O–H groups in total. The monoisotopic (exact) mass is 234 g/mol. The van der Waals surface area contributed by atoms with Gasteiger partial charge in [-0.3, -0.25) is 4.98 Å². The van der Waals surface area contributed by atoms with Gasteiger partial charge in [0.25, 0.3) is 0 Å². The number of aryl methyl sites for hydroxylation is 1. The number of carbonyl (C=O) groups excluding carboxylic acids is 1. The lowest BCUT2D eigenvalue weighted by Crippen LogP contribution is -2.37. The quantitative estimate of drug-likeness (QED) is 0.749. The molecule has 1 aromatic rings. The molecule has 2 heterocycles. The highest BCUT2D eigenvalue weighted by Gasteiger charge is 2.31. The van der Waals surface area contributed by atoms with E-state index in [1.165, 1.54) is 0 Å². The predicted molar refractivity (Wildman–Crippen MR) is 66.0 cm³/mol. The first-order chi connectivity index (χ1) is 8.22. The standard InChI is InChI=1S/C13H18N2O2/c1-3-17-13(16)12-5-4-8-15(12)11-6-7-14-10(2)9-11/h6-7,9,12H,3-5,8H2,1-2H3. The summed E-state index contributed by atoms with van der Waals surface area (Å²) < 4.78 is 5.11. The molecule has 1 aliphatic rings. The largest absolute Gasteiger partial charge is 0.464 e. The van der Waals surface area contributed by atoms with E-state index in [2.05, 4.69) is 9.88 Å². The minimum absolute atomic E-state index is 0.112. The van der Waals surface area contributed by atoms with Crippen LogP contribution in [-0.2, 0) is 9.53 Å². The van der Waals surface area contributed by atoms with Crippen LogP contribution in [0.15, 0.2) is 18.3 Å². The molecule has 0 amide bonds. The normalized spacial score (nSPS) is 19.4. The number of rotatable bonds is 3. The van der Waals surface area contributed by atoms with Crippen molar-refractivity contribution in [1.29, 1.82) is 0 Å². The molecule has 2 rings (SSSR count). The van der Waals surface area contributed by atoms with Crippen molar-refractivity contribution >= 4 is 11.7 Å². The van der Waals surface area contributed by atoms with E-state index < -0.39 is 0 Å². The molecule has 0 aromatic carbocycles. The smallest absolute Gasteiger partial charge is 0.328 e. The summed E-state index contributed by atoms with van der Waals surface area (Å²) >= 11 is 0. The Labute approximate surface area is 102 Å². The summed E-state index contributed by atoms with van der Waals surface area (Å²) in [5, 5.41) is 0. The van der Waals surface area contributed by atoms with E-state index in [0.29, 0.717) is 6.61 Å². The van der Waals surface area contributed by atoms with Gasteiger partial charge in [-0.15, -0.1) is 0 Å². The van der Waals surface area contributed by atoms with Crippen molar-refractivity contribution in [3.63, 3.8) is 0 Å². The van der Waals surface area contributed by atoms with Gasteiger partial charge in [0.15, 0.2) is 0 Å². The first-order valence-corrected chi connectivity index (χ1v) is 6.08. The fourth-order valence-electron chi connectivity index (χ4n) is 2.27. The second kappa shape index (κ2) is 5.17. The van der Waals surface area contributed by atoms with Crippen LogP contribution in [0, 0.1) is 6.92 Å². The Kier molecular flexibility index (Phi) is 3.61. The van der Waals surface area contributed by atoms with Crippen LogP contribution in [0.1, 0.15) is 25.5 Å². The molecule has 0 bridgehead atoms. The zero-order valence-corrected chi connectivity index (χ0v) is 10.3. The minimum Gasteiger partial charge on any atom is -0.464 e. The summed E-state index contributed by atoms with van der Waals surface area (Å²) in [5.41, 5.74) is 2.03. The fraction of sp³-hybridized carbons (Fsp3) is 0.538. The minimum atomic E-state index is -0.128. The molecule has 0 aliphatic carbocycles. The van der Waals surface area contributed by atoms with Gasteiger partial charge in [-0.05, 0) is 38.8 Å². The Hall–Kier alpha value is -1.58. The number of esters is 1. The van der Waals surface area contributed by atoms with Crippen LogP contribution >= 0.6 is 0 Å². The Morgan fingerprint density at radius 2 is 2.47 bits per heavy atom. The van der Waals surface area contributed by atoms with Gasteiger partial charge < -0.3 is 9.64 Å². The van der Waals surface area contributed by atoms with Crippen LogP contribution < -0.4 is 4.90 Å². The molecular formula is C13H18N2O2. The molecule has 1 aromatic heterocycles. The Morgan fingerprint density at radius 1 is 1.65 bits per heavy atom. The molecule has 1 unspecified atom stereocenters. The molecular weight excluding hydrogens is 216 g/mol. The molecule has 1 fully saturated rings. The number of pyridine rings is 1. The molecule has 92 valence electrons. The average molecular weight is 234 g/mol. The van der Waals surface area contributed by atoms with Gasteiger partial charge in [0, 0.05) is 24.1 Å². The van der Waals surface area contributed by atoms with Crippen LogP contribution in [0.4, 0.5) is 5.69 Å². The molecule has 4 nitrogen and oxygen atoms in total. The van der Waals surface area contributed by atoms with Crippen molar-refractivity contribution in [2.75, 3.05) is 18.1 Å². The summed E-state index contributed by atoms with van der Waals surface area (Å²) in [6, 6.07) is 3.83. The number of carbonyl (C=O) groups is 1. The topological polar surface area (TPSA) is 42.4 Å². The number of aromatic nitrogens is 1. The van der Waals surface area contributed by atoms with Crippen LogP contribution in [0.25, 0.3) is 0 Å². The first-order valence-electron chi connectivity index (χ1n) is 6.08. The van der Waals surface area contributed by atoms with Crippen molar-refractivity contribution < 1.29 is 9.53 Å². The molecule has 1 saturated heterocycles. The number of hydrogen-bond donors (Lipinski definition) is 0. The SMILES string of the molecule is CCOC(=O)C1CCCN1c1ccnc(C)c1. The van der Waals surface area contributed by atoms with E-state index in [-0.39, 0.29) is 12.0 Å². The van der Waals surface area contributed by atoms with Crippen LogP contribution in [-0.4, -0.2) is 30.1 Å². The number of nitrogens with zero attached hydrogens (tertiary/aromatic N) is 2.